The molecule has 0 aliphatic carbocycles. The molecule has 0 bridgehead atoms. The average molecular weight is 430 g/mol. The summed E-state index contributed by atoms with van der Waals surface area (Å²) < 4.78 is 7.77. The van der Waals surface area contributed by atoms with Crippen molar-refractivity contribution in [2.45, 2.75) is 29.8 Å². The molecule has 0 radical (unpaired) electrons. The van der Waals surface area contributed by atoms with Crippen LogP contribution in [0.3, 0.4) is 0 Å². The summed E-state index contributed by atoms with van der Waals surface area (Å²) in [6.07, 6.45) is 3.98. The number of aromatic nitrogens is 1. The van der Waals surface area contributed by atoms with Crippen LogP contribution in [0, 0.1) is 0 Å². The van der Waals surface area contributed by atoms with E-state index in [0.29, 0.717) is 18.7 Å². The maximum absolute atomic E-state index is 13.1. The van der Waals surface area contributed by atoms with Gasteiger partial charge in [0.25, 0.3) is 0 Å². The zero-order valence-electron chi connectivity index (χ0n) is 16.1. The second kappa shape index (κ2) is 9.02. The van der Waals surface area contributed by atoms with E-state index in [1.54, 1.807) is 40.1 Å². The number of nitrogens with one attached hydrogen (secondary N) is 1. The molecule has 1 aromatic heterocycles. The fourth-order valence-corrected chi connectivity index (χ4v) is 4.90. The lowest BCUT2D eigenvalue weighted by Crippen LogP contribution is -2.39. The lowest BCUT2D eigenvalue weighted by Gasteiger charge is -2.26. The highest BCUT2D eigenvalue weighted by molar-refractivity contribution is 8.00. The van der Waals surface area contributed by atoms with Crippen molar-refractivity contribution in [2.24, 2.45) is 0 Å². The number of phenols is 1. The van der Waals surface area contributed by atoms with Gasteiger partial charge < -0.3 is 20.1 Å². The Morgan fingerprint density at radius 1 is 1.38 bits per heavy atom. The zero-order chi connectivity index (χ0) is 20.2. The van der Waals surface area contributed by atoms with Gasteiger partial charge in [-0.3, -0.25) is 0 Å². The van der Waals surface area contributed by atoms with Gasteiger partial charge in [0, 0.05) is 24.4 Å². The highest BCUT2D eigenvalue weighted by atomic mass is 32.2. The van der Waals surface area contributed by atoms with E-state index in [2.05, 4.69) is 10.3 Å². The molecule has 2 amide bonds. The smallest absolute Gasteiger partial charge is 0.322 e. The highest BCUT2D eigenvalue weighted by Gasteiger charge is 2.23. The molecule has 8 heteroatoms. The molecule has 4 rings (SSSR count). The number of fused-ring (bicyclic) bond motifs is 1. The van der Waals surface area contributed by atoms with Crippen LogP contribution in [-0.2, 0) is 11.3 Å². The number of para-hydroxylation sites is 1. The van der Waals surface area contributed by atoms with Crippen LogP contribution < -0.4 is 5.32 Å². The Hall–Kier alpha value is -2.29. The van der Waals surface area contributed by atoms with Gasteiger partial charge >= 0.3 is 6.03 Å². The highest BCUT2D eigenvalue weighted by Crippen LogP contribution is 2.30. The normalized spacial score (nSPS) is 16.2. The second-order valence-corrected chi connectivity index (χ2v) is 9.02. The number of carbonyl (C=O) groups is 1. The van der Waals surface area contributed by atoms with Gasteiger partial charge in [-0.15, -0.1) is 11.3 Å². The molecular weight excluding hydrogens is 406 g/mol. The molecule has 1 fully saturated rings. The lowest BCUT2D eigenvalue weighted by atomic mass is 10.1. The maximum atomic E-state index is 13.1. The van der Waals surface area contributed by atoms with Crippen molar-refractivity contribution in [1.29, 1.82) is 0 Å². The number of urea groups is 1. The van der Waals surface area contributed by atoms with Gasteiger partial charge in [-0.25, -0.2) is 9.78 Å². The Morgan fingerprint density at radius 2 is 2.24 bits per heavy atom. The van der Waals surface area contributed by atoms with E-state index in [-0.39, 0.29) is 17.9 Å². The van der Waals surface area contributed by atoms with Crippen LogP contribution in [0.1, 0.15) is 18.4 Å². The first-order valence-corrected chi connectivity index (χ1v) is 11.6. The SMILES string of the molecule is CSc1nc2ccc(NC(=O)N(Cc3ccccc3O)CC3CCCO3)cc2s1. The maximum Gasteiger partial charge on any atom is 0.322 e. The van der Waals surface area contributed by atoms with Crippen molar-refractivity contribution in [1.82, 2.24) is 9.88 Å². The number of amides is 2. The molecule has 2 heterocycles. The first-order chi connectivity index (χ1) is 14.1. The number of anilines is 1. The number of hydrogen-bond acceptors (Lipinski definition) is 6. The summed E-state index contributed by atoms with van der Waals surface area (Å²) >= 11 is 3.23. The molecule has 3 aromatic rings. The lowest BCUT2D eigenvalue weighted by molar-refractivity contribution is 0.0817. The minimum Gasteiger partial charge on any atom is -0.508 e. The largest absolute Gasteiger partial charge is 0.508 e. The third-order valence-corrected chi connectivity index (χ3v) is 6.89. The Labute approximate surface area is 177 Å². The average Bonchev–Trinajstić information content (AvgIpc) is 3.38. The second-order valence-electron chi connectivity index (χ2n) is 6.94. The fourth-order valence-electron chi connectivity index (χ4n) is 3.37. The van der Waals surface area contributed by atoms with Crippen LogP contribution in [-0.4, -0.2) is 46.5 Å². The van der Waals surface area contributed by atoms with Crippen LogP contribution in [0.5, 0.6) is 5.75 Å². The standard InChI is InChI=1S/C21H23N3O3S2/c1-28-21-23-17-9-8-15(11-19(17)29-21)22-20(26)24(13-16-6-4-10-27-16)12-14-5-2-3-7-18(14)25/h2-3,5,7-9,11,16,25H,4,6,10,12-13H2,1H3,(H,22,26). The number of hydrogen-bond donors (Lipinski definition) is 2. The van der Waals surface area contributed by atoms with Gasteiger partial charge in [0.05, 0.1) is 22.9 Å². The van der Waals surface area contributed by atoms with Crippen molar-refractivity contribution < 1.29 is 14.6 Å². The van der Waals surface area contributed by atoms with Crippen LogP contribution in [0.4, 0.5) is 10.5 Å². The van der Waals surface area contributed by atoms with E-state index in [4.69, 9.17) is 4.74 Å². The third-order valence-electron chi connectivity index (χ3n) is 4.88. The number of nitrogens with zero attached hydrogens (tertiary/aromatic N) is 2. The number of carbonyl (C=O) groups excluding carboxylic acids is 1. The van der Waals surface area contributed by atoms with Crippen molar-refractivity contribution in [2.75, 3.05) is 24.7 Å². The molecule has 29 heavy (non-hydrogen) atoms. The third kappa shape index (κ3) is 4.83. The predicted molar refractivity (Wildman–Crippen MR) is 118 cm³/mol. The molecule has 2 aromatic carbocycles. The number of aromatic hydroxyl groups is 1. The van der Waals surface area contributed by atoms with Gasteiger partial charge in [-0.2, -0.15) is 0 Å². The Kier molecular flexibility index (Phi) is 6.22. The quantitative estimate of drug-likeness (QED) is 0.543. The van der Waals surface area contributed by atoms with Gasteiger partial charge in [0.2, 0.25) is 0 Å². The van der Waals surface area contributed by atoms with Crippen LogP contribution in [0.15, 0.2) is 46.8 Å². The van der Waals surface area contributed by atoms with Crippen LogP contribution in [0.25, 0.3) is 10.2 Å². The number of thioether (sulfide) groups is 1. The molecule has 6 nitrogen and oxygen atoms in total. The van der Waals surface area contributed by atoms with Gasteiger partial charge in [0.15, 0.2) is 4.34 Å². The molecular formula is C21H23N3O3S2. The fraction of sp³-hybridized carbons (Fsp3) is 0.333. The molecule has 1 saturated heterocycles. The molecule has 0 spiro atoms. The van der Waals surface area contributed by atoms with E-state index in [9.17, 15) is 9.90 Å². The van der Waals surface area contributed by atoms with E-state index >= 15 is 0 Å². The predicted octanol–water partition coefficient (Wildman–Crippen LogP) is 4.94. The minimum atomic E-state index is -0.210. The van der Waals surface area contributed by atoms with Gasteiger partial charge in [-0.05, 0) is 43.4 Å². The van der Waals surface area contributed by atoms with Gasteiger partial charge in [-0.1, -0.05) is 30.0 Å². The van der Waals surface area contributed by atoms with E-state index in [1.165, 1.54) is 0 Å². The first-order valence-electron chi connectivity index (χ1n) is 9.51. The summed E-state index contributed by atoms with van der Waals surface area (Å²) in [5, 5.41) is 13.1. The monoisotopic (exact) mass is 429 g/mol. The summed E-state index contributed by atoms with van der Waals surface area (Å²) in [4.78, 5) is 19.3. The van der Waals surface area contributed by atoms with E-state index in [1.807, 2.05) is 36.6 Å². The molecule has 2 N–H and O–H groups in total. The molecule has 1 unspecified atom stereocenters. The van der Waals surface area contributed by atoms with E-state index < -0.39 is 0 Å². The molecule has 1 atom stereocenters. The Bertz CT molecular complexity index is 1000. The van der Waals surface area contributed by atoms with E-state index in [0.717, 1.165) is 39.7 Å². The first kappa shape index (κ1) is 20.0. The Balaban J connectivity index is 1.52. The summed E-state index contributed by atoms with van der Waals surface area (Å²) in [5.74, 6) is 0.188. The molecule has 1 aliphatic rings. The summed E-state index contributed by atoms with van der Waals surface area (Å²) in [7, 11) is 0. The summed E-state index contributed by atoms with van der Waals surface area (Å²) in [5.41, 5.74) is 2.37. The van der Waals surface area contributed by atoms with Crippen molar-refractivity contribution >= 4 is 45.0 Å². The van der Waals surface area contributed by atoms with Crippen molar-refractivity contribution in [3.63, 3.8) is 0 Å². The minimum absolute atomic E-state index is 0.0275. The molecule has 0 saturated carbocycles. The Morgan fingerprint density at radius 3 is 3.00 bits per heavy atom. The number of benzene rings is 2. The zero-order valence-corrected chi connectivity index (χ0v) is 17.8. The number of rotatable bonds is 6. The molecule has 1 aliphatic heterocycles. The van der Waals surface area contributed by atoms with Gasteiger partial charge in [0.1, 0.15) is 5.75 Å². The van der Waals surface area contributed by atoms with Crippen LogP contribution in [0.2, 0.25) is 0 Å². The van der Waals surface area contributed by atoms with Crippen molar-refractivity contribution in [3.8, 4) is 5.75 Å². The number of thiazole rings is 1. The number of ether oxygens (including phenoxy) is 1. The summed E-state index contributed by atoms with van der Waals surface area (Å²) in [6.45, 7) is 1.54. The van der Waals surface area contributed by atoms with Crippen molar-refractivity contribution in [3.05, 3.63) is 48.0 Å². The topological polar surface area (TPSA) is 74.7 Å². The number of phenolic OH excluding ortho intramolecular Hbond substituents is 1. The van der Waals surface area contributed by atoms with Crippen LogP contribution >= 0.6 is 23.1 Å². The molecule has 152 valence electrons. The summed E-state index contributed by atoms with van der Waals surface area (Å²) in [6, 6.07) is 12.6.